The second-order valence-corrected chi connectivity index (χ2v) is 5.96. The number of benzene rings is 1. The van der Waals surface area contributed by atoms with Gasteiger partial charge in [0.15, 0.2) is 5.78 Å². The average Bonchev–Trinajstić information content (AvgIpc) is 3.15. The van der Waals surface area contributed by atoms with E-state index in [1.807, 2.05) is 0 Å². The van der Waals surface area contributed by atoms with Gasteiger partial charge in [-0.3, -0.25) is 9.78 Å². The van der Waals surface area contributed by atoms with Crippen LogP contribution in [0, 0.1) is 0 Å². The number of alkyl halides is 3. The van der Waals surface area contributed by atoms with Crippen LogP contribution in [-0.2, 0) is 6.18 Å². The molecule has 0 unspecified atom stereocenters. The molecule has 0 saturated carbocycles. The monoisotopic (exact) mass is 370 g/mol. The Kier molecular flexibility index (Phi) is 3.87. The Labute approximate surface area is 151 Å². The van der Waals surface area contributed by atoms with E-state index in [4.69, 9.17) is 4.74 Å². The lowest BCUT2D eigenvalue weighted by molar-refractivity contribution is -0.136. The first-order chi connectivity index (χ1) is 12.9. The van der Waals surface area contributed by atoms with Gasteiger partial charge in [0.25, 0.3) is 0 Å². The van der Waals surface area contributed by atoms with Crippen LogP contribution in [0.1, 0.15) is 21.5 Å². The molecule has 0 aliphatic rings. The number of hydrogen-bond acceptors (Lipinski definition) is 3. The van der Waals surface area contributed by atoms with Crippen LogP contribution in [0.5, 0.6) is 5.75 Å². The normalized spacial score (nSPS) is 11.9. The summed E-state index contributed by atoms with van der Waals surface area (Å²) in [5, 5.41) is 0.148. The first-order valence-corrected chi connectivity index (χ1v) is 8.04. The number of fused-ring (bicyclic) bond motifs is 3. The molecular formula is C20H13F3N2O2. The Morgan fingerprint density at radius 2 is 1.81 bits per heavy atom. The number of carbonyl (C=O) groups is 1. The van der Waals surface area contributed by atoms with Crippen molar-refractivity contribution in [1.82, 2.24) is 9.38 Å². The molecule has 1 aromatic carbocycles. The highest BCUT2D eigenvalue weighted by atomic mass is 19.4. The zero-order valence-corrected chi connectivity index (χ0v) is 14.1. The molecule has 0 amide bonds. The predicted octanol–water partition coefficient (Wildman–Crippen LogP) is 4.75. The van der Waals surface area contributed by atoms with Gasteiger partial charge in [0.05, 0.1) is 23.7 Å². The number of carbonyl (C=O) groups excluding carboxylic acids is 1. The van der Waals surface area contributed by atoms with Crippen LogP contribution in [0.2, 0.25) is 0 Å². The van der Waals surface area contributed by atoms with Crippen LogP contribution in [0.25, 0.3) is 16.4 Å². The van der Waals surface area contributed by atoms with Crippen LogP contribution < -0.4 is 4.74 Å². The lowest BCUT2D eigenvalue weighted by Gasteiger charge is -2.17. The zero-order valence-electron chi connectivity index (χ0n) is 14.1. The second-order valence-electron chi connectivity index (χ2n) is 5.96. The van der Waals surface area contributed by atoms with Crippen molar-refractivity contribution >= 4 is 22.2 Å². The molecule has 4 nitrogen and oxygen atoms in total. The molecule has 0 saturated heterocycles. The Hall–Kier alpha value is -3.35. The molecule has 7 heteroatoms. The molecule has 27 heavy (non-hydrogen) atoms. The molecule has 0 N–H and O–H groups in total. The smallest absolute Gasteiger partial charge is 0.419 e. The SMILES string of the molecule is COc1ccc(C(=O)c2c(C(F)(F)F)c3cccn3c3ccncc23)cc1. The van der Waals surface area contributed by atoms with E-state index >= 15 is 0 Å². The number of pyridine rings is 2. The van der Waals surface area contributed by atoms with E-state index in [0.717, 1.165) is 0 Å². The van der Waals surface area contributed by atoms with Crippen molar-refractivity contribution in [2.24, 2.45) is 0 Å². The number of halogens is 3. The summed E-state index contributed by atoms with van der Waals surface area (Å²) in [5.74, 6) is -0.206. The topological polar surface area (TPSA) is 43.6 Å². The second kappa shape index (κ2) is 6.12. The van der Waals surface area contributed by atoms with Crippen LogP contribution in [-0.4, -0.2) is 22.3 Å². The van der Waals surface area contributed by atoms with Crippen molar-refractivity contribution < 1.29 is 22.7 Å². The zero-order chi connectivity index (χ0) is 19.2. The van der Waals surface area contributed by atoms with Gasteiger partial charge < -0.3 is 9.14 Å². The van der Waals surface area contributed by atoms with Crippen molar-refractivity contribution in [3.63, 3.8) is 0 Å². The summed E-state index contributed by atoms with van der Waals surface area (Å²) in [5.41, 5.74) is -0.814. The average molecular weight is 370 g/mol. The van der Waals surface area contributed by atoms with Crippen LogP contribution in [0.3, 0.4) is 0 Å². The minimum atomic E-state index is -4.71. The van der Waals surface area contributed by atoms with Crippen LogP contribution in [0.4, 0.5) is 13.2 Å². The number of methoxy groups -OCH3 is 1. The van der Waals surface area contributed by atoms with Gasteiger partial charge >= 0.3 is 6.18 Å². The third-order valence-corrected chi connectivity index (χ3v) is 4.44. The summed E-state index contributed by atoms with van der Waals surface area (Å²) in [6.07, 6.45) is -0.396. The largest absolute Gasteiger partial charge is 0.497 e. The van der Waals surface area contributed by atoms with Crippen molar-refractivity contribution in [2.75, 3.05) is 7.11 Å². The number of nitrogens with zero attached hydrogens (tertiary/aromatic N) is 2. The summed E-state index contributed by atoms with van der Waals surface area (Å²) in [4.78, 5) is 17.1. The predicted molar refractivity (Wildman–Crippen MR) is 94.1 cm³/mol. The van der Waals surface area contributed by atoms with E-state index in [9.17, 15) is 18.0 Å². The van der Waals surface area contributed by atoms with Crippen molar-refractivity contribution in [3.05, 3.63) is 77.7 Å². The van der Waals surface area contributed by atoms with Crippen molar-refractivity contribution in [3.8, 4) is 5.75 Å². The summed E-state index contributed by atoms with van der Waals surface area (Å²) < 4.78 is 48.4. The Balaban J connectivity index is 2.08. The van der Waals surface area contributed by atoms with Gasteiger partial charge in [0, 0.05) is 35.1 Å². The van der Waals surface area contributed by atoms with Crippen LogP contribution >= 0.6 is 0 Å². The maximum Gasteiger partial charge on any atom is 0.419 e. The van der Waals surface area contributed by atoms with Crippen LogP contribution in [0.15, 0.2) is 61.1 Å². The fourth-order valence-corrected chi connectivity index (χ4v) is 3.26. The van der Waals surface area contributed by atoms with Gasteiger partial charge in [-0.15, -0.1) is 0 Å². The molecule has 0 spiro atoms. The molecule has 0 atom stereocenters. The summed E-state index contributed by atoms with van der Waals surface area (Å²) in [7, 11) is 1.47. The van der Waals surface area contributed by atoms with Gasteiger partial charge in [0.2, 0.25) is 0 Å². The summed E-state index contributed by atoms with van der Waals surface area (Å²) in [6, 6.07) is 10.4. The Morgan fingerprint density at radius 3 is 2.48 bits per heavy atom. The number of aromatic nitrogens is 2. The summed E-state index contributed by atoms with van der Waals surface area (Å²) in [6.45, 7) is 0. The summed E-state index contributed by atoms with van der Waals surface area (Å²) >= 11 is 0. The molecule has 3 aromatic heterocycles. The number of ketones is 1. The highest BCUT2D eigenvalue weighted by Gasteiger charge is 2.39. The molecule has 0 fully saturated rings. The molecule has 4 aromatic rings. The molecule has 0 bridgehead atoms. The highest BCUT2D eigenvalue weighted by molar-refractivity contribution is 6.18. The van der Waals surface area contributed by atoms with E-state index in [-0.39, 0.29) is 16.5 Å². The fraction of sp³-hybridized carbons (Fsp3) is 0.100. The third-order valence-electron chi connectivity index (χ3n) is 4.44. The Bertz CT molecular complexity index is 1160. The minimum Gasteiger partial charge on any atom is -0.497 e. The highest BCUT2D eigenvalue weighted by Crippen LogP contribution is 2.40. The Morgan fingerprint density at radius 1 is 1.07 bits per heavy atom. The van der Waals surface area contributed by atoms with E-state index in [2.05, 4.69) is 4.98 Å². The number of hydrogen-bond donors (Lipinski definition) is 0. The quantitative estimate of drug-likeness (QED) is 0.489. The maximum absolute atomic E-state index is 14.0. The minimum absolute atomic E-state index is 0.0712. The van der Waals surface area contributed by atoms with Gasteiger partial charge in [0.1, 0.15) is 5.75 Å². The lowest BCUT2D eigenvalue weighted by atomic mass is 9.94. The van der Waals surface area contributed by atoms with E-state index in [1.165, 1.54) is 66.5 Å². The van der Waals surface area contributed by atoms with Gasteiger partial charge in [-0.1, -0.05) is 0 Å². The molecule has 3 heterocycles. The molecule has 0 aliphatic carbocycles. The van der Waals surface area contributed by atoms with E-state index in [1.54, 1.807) is 6.07 Å². The number of ether oxygens (including phenoxy) is 1. The lowest BCUT2D eigenvalue weighted by Crippen LogP contribution is -2.17. The first kappa shape index (κ1) is 17.1. The fourth-order valence-electron chi connectivity index (χ4n) is 3.26. The van der Waals surface area contributed by atoms with E-state index in [0.29, 0.717) is 11.3 Å². The molecule has 0 radical (unpaired) electrons. The maximum atomic E-state index is 14.0. The van der Waals surface area contributed by atoms with Gasteiger partial charge in [-0.2, -0.15) is 13.2 Å². The van der Waals surface area contributed by atoms with Gasteiger partial charge in [-0.05, 0) is 42.5 Å². The number of rotatable bonds is 3. The molecule has 0 aliphatic heterocycles. The molecule has 4 rings (SSSR count). The first-order valence-electron chi connectivity index (χ1n) is 8.04. The van der Waals surface area contributed by atoms with Gasteiger partial charge in [-0.25, -0.2) is 0 Å². The van der Waals surface area contributed by atoms with Crippen molar-refractivity contribution in [1.29, 1.82) is 0 Å². The molecular weight excluding hydrogens is 357 g/mol. The van der Waals surface area contributed by atoms with E-state index < -0.39 is 23.1 Å². The third kappa shape index (κ3) is 2.71. The molecule has 136 valence electrons. The standard InChI is InChI=1S/C20H13F3N2O2/c1-27-13-6-4-12(5-7-13)19(26)17-14-11-24-9-8-15(14)25-10-2-3-16(25)18(17)20(21,22)23/h2-11H,1H3. The van der Waals surface area contributed by atoms with Crippen molar-refractivity contribution in [2.45, 2.75) is 6.18 Å².